The normalized spacial score (nSPS) is 32.0. The Hall–Kier alpha value is -1.60. The highest BCUT2D eigenvalue weighted by atomic mass is 15.6. The van der Waals surface area contributed by atoms with Gasteiger partial charge in [-0.15, -0.1) is 0 Å². The van der Waals surface area contributed by atoms with Gasteiger partial charge in [0.15, 0.2) is 0 Å². The van der Waals surface area contributed by atoms with Crippen molar-refractivity contribution in [3.05, 3.63) is 0 Å². The molecule has 2 saturated heterocycles. The number of hydrogen-bond acceptors (Lipinski definition) is 4. The minimum atomic E-state index is 0.425. The highest BCUT2D eigenvalue weighted by Crippen LogP contribution is 2.43. The predicted octanol–water partition coefficient (Wildman–Crippen LogP) is 2.20. The minimum absolute atomic E-state index is 0.425. The molecule has 0 aromatic carbocycles. The van der Waals surface area contributed by atoms with Crippen molar-refractivity contribution >= 4 is 0 Å². The first-order valence-corrected chi connectivity index (χ1v) is 8.60. The van der Waals surface area contributed by atoms with Crippen LogP contribution in [-0.4, -0.2) is 35.2 Å². The van der Waals surface area contributed by atoms with Gasteiger partial charge in [0.2, 0.25) is 0 Å². The van der Waals surface area contributed by atoms with E-state index in [4.69, 9.17) is 11.7 Å². The smallest absolute Gasteiger partial charge is 0.0540 e. The second-order valence-corrected chi connectivity index (χ2v) is 6.78. The summed E-state index contributed by atoms with van der Waals surface area (Å²) >= 11 is 0. The fourth-order valence-electron chi connectivity index (χ4n) is 4.92. The summed E-state index contributed by atoms with van der Waals surface area (Å²) in [5.74, 6) is 11.9. The lowest BCUT2D eigenvalue weighted by Crippen LogP contribution is -2.46. The maximum absolute atomic E-state index is 5.31. The second kappa shape index (κ2) is 7.11. The van der Waals surface area contributed by atoms with Gasteiger partial charge in [0.1, 0.15) is 0 Å². The summed E-state index contributed by atoms with van der Waals surface area (Å²) in [7, 11) is 0. The highest BCUT2D eigenvalue weighted by molar-refractivity contribution is 4.96. The average Bonchev–Trinajstić information content (AvgIpc) is 3.25. The quantitative estimate of drug-likeness (QED) is 0.461. The molecule has 0 radical (unpaired) electrons. The van der Waals surface area contributed by atoms with Gasteiger partial charge in [-0.05, 0) is 31.6 Å². The SMILES string of the molecule is N/N=N/N1CCCC1C(C1CCCC1)C1CCCN1/N=N/N. The molecule has 124 valence electrons. The summed E-state index contributed by atoms with van der Waals surface area (Å²) in [6, 6.07) is 0.850. The molecule has 4 N–H and O–H groups in total. The van der Waals surface area contributed by atoms with Gasteiger partial charge in [-0.1, -0.05) is 46.6 Å². The molecular weight excluding hydrogens is 280 g/mol. The van der Waals surface area contributed by atoms with Crippen LogP contribution in [0.3, 0.4) is 0 Å². The van der Waals surface area contributed by atoms with E-state index in [1.807, 2.05) is 0 Å². The molecule has 3 aliphatic rings. The maximum Gasteiger partial charge on any atom is 0.0540 e. The average molecular weight is 308 g/mol. The predicted molar refractivity (Wildman–Crippen MR) is 83.0 cm³/mol. The van der Waals surface area contributed by atoms with E-state index < -0.39 is 0 Å². The number of nitrogens with zero attached hydrogens (tertiary/aromatic N) is 6. The molecule has 0 aromatic rings. The van der Waals surface area contributed by atoms with Crippen LogP contribution in [-0.2, 0) is 0 Å². The van der Waals surface area contributed by atoms with E-state index in [2.05, 4.69) is 30.9 Å². The molecule has 2 atom stereocenters. The summed E-state index contributed by atoms with van der Waals surface area (Å²) in [6.45, 7) is 1.92. The van der Waals surface area contributed by atoms with Crippen molar-refractivity contribution in [2.24, 2.45) is 44.4 Å². The zero-order chi connectivity index (χ0) is 15.4. The molecule has 2 unspecified atom stereocenters. The van der Waals surface area contributed by atoms with Crippen LogP contribution in [0.2, 0.25) is 0 Å². The van der Waals surface area contributed by atoms with Gasteiger partial charge in [-0.3, -0.25) is 10.0 Å². The molecule has 3 fully saturated rings. The molecule has 0 bridgehead atoms. The fourth-order valence-corrected chi connectivity index (χ4v) is 4.92. The third-order valence-electron chi connectivity index (χ3n) is 5.71. The molecule has 0 spiro atoms. The zero-order valence-corrected chi connectivity index (χ0v) is 13.2. The van der Waals surface area contributed by atoms with E-state index in [1.165, 1.54) is 38.5 Å². The van der Waals surface area contributed by atoms with Crippen LogP contribution in [0.1, 0.15) is 51.4 Å². The van der Waals surface area contributed by atoms with Crippen LogP contribution >= 0.6 is 0 Å². The monoisotopic (exact) mass is 308 g/mol. The van der Waals surface area contributed by atoms with Gasteiger partial charge in [0.25, 0.3) is 0 Å². The Balaban J connectivity index is 1.83. The zero-order valence-electron chi connectivity index (χ0n) is 13.2. The van der Waals surface area contributed by atoms with E-state index in [9.17, 15) is 0 Å². The molecule has 0 aromatic heterocycles. The standard InChI is InChI=1S/C14H28N8/c15-17-19-21-9-3-7-12(21)14(11-5-1-2-6-11)13-8-4-10-22(13)20-18-16/h11-14H,1-10H2,(H2,15,19)(H2,16,20). The summed E-state index contributed by atoms with van der Waals surface area (Å²) < 4.78 is 0. The van der Waals surface area contributed by atoms with E-state index in [0.29, 0.717) is 18.0 Å². The molecule has 1 saturated carbocycles. The summed E-state index contributed by atoms with van der Waals surface area (Å²) in [4.78, 5) is 0. The Morgan fingerprint density at radius 3 is 1.68 bits per heavy atom. The van der Waals surface area contributed by atoms with Gasteiger partial charge in [0, 0.05) is 19.0 Å². The van der Waals surface area contributed by atoms with Crippen molar-refractivity contribution in [1.82, 2.24) is 10.0 Å². The first-order chi connectivity index (χ1) is 10.8. The molecule has 8 heteroatoms. The third-order valence-corrected chi connectivity index (χ3v) is 5.71. The Labute approximate surface area is 131 Å². The number of rotatable bonds is 5. The molecule has 3 rings (SSSR count). The van der Waals surface area contributed by atoms with Crippen molar-refractivity contribution < 1.29 is 0 Å². The third kappa shape index (κ3) is 2.96. The van der Waals surface area contributed by atoms with Crippen molar-refractivity contribution in [2.75, 3.05) is 13.1 Å². The molecule has 0 amide bonds. The largest absolute Gasteiger partial charge is 0.303 e. The molecular formula is C14H28N8. The molecule has 22 heavy (non-hydrogen) atoms. The topological polar surface area (TPSA) is 108 Å². The van der Waals surface area contributed by atoms with Crippen molar-refractivity contribution in [3.8, 4) is 0 Å². The van der Waals surface area contributed by atoms with Crippen molar-refractivity contribution in [2.45, 2.75) is 63.5 Å². The summed E-state index contributed by atoms with van der Waals surface area (Å²) in [5.41, 5.74) is 0. The van der Waals surface area contributed by atoms with Gasteiger partial charge in [-0.2, -0.15) is 0 Å². The molecule has 2 heterocycles. The molecule has 2 aliphatic heterocycles. The Morgan fingerprint density at radius 1 is 0.727 bits per heavy atom. The molecule has 1 aliphatic carbocycles. The Bertz CT molecular complexity index is 376. The second-order valence-electron chi connectivity index (χ2n) is 6.78. The lowest BCUT2D eigenvalue weighted by atomic mass is 9.78. The van der Waals surface area contributed by atoms with Gasteiger partial charge in [0.05, 0.1) is 12.1 Å². The minimum Gasteiger partial charge on any atom is -0.303 e. The van der Waals surface area contributed by atoms with Crippen LogP contribution in [0.4, 0.5) is 0 Å². The fraction of sp³-hybridized carbons (Fsp3) is 1.00. The molecule has 8 nitrogen and oxygen atoms in total. The van der Waals surface area contributed by atoms with Gasteiger partial charge >= 0.3 is 0 Å². The Morgan fingerprint density at radius 2 is 1.23 bits per heavy atom. The lowest BCUT2D eigenvalue weighted by molar-refractivity contribution is 0.0612. The van der Waals surface area contributed by atoms with E-state index in [1.54, 1.807) is 0 Å². The van der Waals surface area contributed by atoms with Crippen LogP contribution in [0.15, 0.2) is 20.9 Å². The highest BCUT2D eigenvalue weighted by Gasteiger charge is 2.45. The van der Waals surface area contributed by atoms with E-state index in [-0.39, 0.29) is 0 Å². The van der Waals surface area contributed by atoms with Crippen LogP contribution < -0.4 is 11.7 Å². The number of hydrogen-bond donors (Lipinski definition) is 2. The van der Waals surface area contributed by atoms with Crippen LogP contribution in [0, 0.1) is 11.8 Å². The van der Waals surface area contributed by atoms with Crippen molar-refractivity contribution in [1.29, 1.82) is 0 Å². The summed E-state index contributed by atoms with van der Waals surface area (Å²) in [5, 5.41) is 19.6. The van der Waals surface area contributed by atoms with Crippen LogP contribution in [0.25, 0.3) is 0 Å². The summed E-state index contributed by atoms with van der Waals surface area (Å²) in [6.07, 6.45) is 10.00. The first-order valence-electron chi connectivity index (χ1n) is 8.60. The van der Waals surface area contributed by atoms with Gasteiger partial charge < -0.3 is 11.7 Å². The van der Waals surface area contributed by atoms with Gasteiger partial charge in [-0.25, -0.2) is 0 Å². The maximum atomic E-state index is 5.31. The first kappa shape index (κ1) is 15.3. The van der Waals surface area contributed by atoms with Crippen LogP contribution in [0.5, 0.6) is 0 Å². The van der Waals surface area contributed by atoms with E-state index in [0.717, 1.165) is 31.8 Å². The lowest BCUT2D eigenvalue weighted by Gasteiger charge is -2.39. The number of nitrogens with two attached hydrogens (primary N) is 2. The van der Waals surface area contributed by atoms with E-state index >= 15 is 0 Å². The van der Waals surface area contributed by atoms with Crippen molar-refractivity contribution in [3.63, 3.8) is 0 Å². The Kier molecular flexibility index (Phi) is 4.94.